The maximum Gasteiger partial charge on any atom is 0.408 e. The zero-order valence-electron chi connectivity index (χ0n) is 14.0. The van der Waals surface area contributed by atoms with Gasteiger partial charge in [-0.2, -0.15) is 0 Å². The van der Waals surface area contributed by atoms with Gasteiger partial charge in [-0.25, -0.2) is 4.79 Å². The molecule has 23 heavy (non-hydrogen) atoms. The molecule has 6 nitrogen and oxygen atoms in total. The molecule has 0 saturated heterocycles. The number of carboxylic acid groups (broad SMARTS) is 1. The van der Waals surface area contributed by atoms with E-state index in [1.165, 1.54) is 6.20 Å². The summed E-state index contributed by atoms with van der Waals surface area (Å²) >= 11 is 5.91. The van der Waals surface area contributed by atoms with E-state index in [1.54, 1.807) is 26.8 Å². The molecule has 1 aromatic rings. The lowest BCUT2D eigenvalue weighted by atomic mass is 9.95. The Morgan fingerprint density at radius 3 is 2.48 bits per heavy atom. The highest BCUT2D eigenvalue weighted by Crippen LogP contribution is 2.26. The van der Waals surface area contributed by atoms with E-state index in [4.69, 9.17) is 21.4 Å². The van der Waals surface area contributed by atoms with Crippen molar-refractivity contribution >= 4 is 23.7 Å². The van der Waals surface area contributed by atoms with Crippen LogP contribution in [0.4, 0.5) is 4.79 Å². The van der Waals surface area contributed by atoms with Crippen LogP contribution in [0.2, 0.25) is 5.02 Å². The molecule has 0 aliphatic heterocycles. The molecule has 0 bridgehead atoms. The van der Waals surface area contributed by atoms with Crippen molar-refractivity contribution in [2.24, 2.45) is 5.92 Å². The normalized spacial score (nSPS) is 12.8. The average molecular weight is 343 g/mol. The third-order valence-electron chi connectivity index (χ3n) is 2.94. The van der Waals surface area contributed by atoms with Crippen LogP contribution in [0.5, 0.6) is 0 Å². The maximum atomic E-state index is 12.0. The summed E-state index contributed by atoms with van der Waals surface area (Å²) in [6, 6.07) is 1.08. The summed E-state index contributed by atoms with van der Waals surface area (Å²) < 4.78 is 5.26. The molecule has 0 spiro atoms. The van der Waals surface area contributed by atoms with Crippen LogP contribution in [-0.4, -0.2) is 27.8 Å². The second-order valence-electron chi connectivity index (χ2n) is 6.64. The van der Waals surface area contributed by atoms with Gasteiger partial charge in [-0.1, -0.05) is 25.4 Å². The topological polar surface area (TPSA) is 88.5 Å². The summed E-state index contributed by atoms with van der Waals surface area (Å²) in [6.07, 6.45) is 0.644. The zero-order valence-corrected chi connectivity index (χ0v) is 14.8. The van der Waals surface area contributed by atoms with Gasteiger partial charge in [0.15, 0.2) is 0 Å². The van der Waals surface area contributed by atoms with Crippen LogP contribution < -0.4 is 5.32 Å². The number of rotatable bonds is 5. The van der Waals surface area contributed by atoms with E-state index >= 15 is 0 Å². The van der Waals surface area contributed by atoms with Gasteiger partial charge in [-0.3, -0.25) is 9.78 Å². The first-order valence-electron chi connectivity index (χ1n) is 7.35. The van der Waals surface area contributed by atoms with Gasteiger partial charge in [0, 0.05) is 6.20 Å². The van der Waals surface area contributed by atoms with Crippen molar-refractivity contribution in [1.29, 1.82) is 0 Å². The molecular weight excluding hydrogens is 320 g/mol. The lowest BCUT2D eigenvalue weighted by Gasteiger charge is -2.26. The van der Waals surface area contributed by atoms with Crippen LogP contribution in [0.1, 0.15) is 51.9 Å². The number of carbonyl (C=O) groups excluding carboxylic acids is 1. The Hall–Kier alpha value is -1.82. The van der Waals surface area contributed by atoms with Gasteiger partial charge in [0.1, 0.15) is 5.60 Å². The Balaban J connectivity index is 3.10. The smallest absolute Gasteiger partial charge is 0.408 e. The minimum Gasteiger partial charge on any atom is -0.481 e. The Kier molecular flexibility index (Phi) is 6.38. The molecule has 0 aromatic carbocycles. The summed E-state index contributed by atoms with van der Waals surface area (Å²) in [5.41, 5.74) is 0.334. The van der Waals surface area contributed by atoms with E-state index in [0.717, 1.165) is 0 Å². The van der Waals surface area contributed by atoms with Gasteiger partial charge >= 0.3 is 12.1 Å². The van der Waals surface area contributed by atoms with Gasteiger partial charge in [-0.15, -0.1) is 0 Å². The highest BCUT2D eigenvalue weighted by Gasteiger charge is 2.26. The quantitative estimate of drug-likeness (QED) is 0.853. The monoisotopic (exact) mass is 342 g/mol. The fourth-order valence-electron chi connectivity index (χ4n) is 2.06. The van der Waals surface area contributed by atoms with Crippen LogP contribution in [0.25, 0.3) is 0 Å². The first kappa shape index (κ1) is 19.2. The van der Waals surface area contributed by atoms with Crippen LogP contribution in [-0.2, 0) is 16.0 Å². The van der Waals surface area contributed by atoms with Gasteiger partial charge in [0.25, 0.3) is 0 Å². The number of pyridine rings is 1. The predicted octanol–water partition coefficient (Wildman–Crippen LogP) is 3.58. The zero-order chi connectivity index (χ0) is 17.8. The number of carbonyl (C=O) groups is 2. The van der Waals surface area contributed by atoms with Crippen molar-refractivity contribution in [3.8, 4) is 0 Å². The molecule has 0 aliphatic rings. The van der Waals surface area contributed by atoms with E-state index < -0.39 is 23.7 Å². The molecule has 2 N–H and O–H groups in total. The molecule has 1 rings (SSSR count). The third-order valence-corrected chi connectivity index (χ3v) is 3.15. The summed E-state index contributed by atoms with van der Waals surface area (Å²) in [7, 11) is 0. The van der Waals surface area contributed by atoms with Crippen LogP contribution >= 0.6 is 11.6 Å². The number of aliphatic carboxylic acids is 1. The van der Waals surface area contributed by atoms with E-state index in [2.05, 4.69) is 10.3 Å². The number of ether oxygens (including phenoxy) is 1. The fourth-order valence-corrected chi connectivity index (χ4v) is 2.24. The van der Waals surface area contributed by atoms with Gasteiger partial charge in [0.05, 0.1) is 23.2 Å². The number of alkyl carbamates (subject to hydrolysis) is 1. The Bertz CT molecular complexity index is 582. The van der Waals surface area contributed by atoms with Gasteiger partial charge in [0.2, 0.25) is 0 Å². The van der Waals surface area contributed by atoms with Crippen molar-refractivity contribution in [3.05, 3.63) is 28.5 Å². The number of amides is 1. The molecule has 0 aliphatic carbocycles. The van der Waals surface area contributed by atoms with Crippen LogP contribution in [0.3, 0.4) is 0 Å². The lowest BCUT2D eigenvalue weighted by Crippen LogP contribution is -2.37. The molecule has 128 valence electrons. The van der Waals surface area contributed by atoms with Crippen molar-refractivity contribution < 1.29 is 19.4 Å². The van der Waals surface area contributed by atoms with E-state index in [1.807, 2.05) is 13.8 Å². The Labute approximate surface area is 141 Å². The van der Waals surface area contributed by atoms with Crippen molar-refractivity contribution in [3.63, 3.8) is 0 Å². The summed E-state index contributed by atoms with van der Waals surface area (Å²) in [5.74, 6) is -1.00. The van der Waals surface area contributed by atoms with Crippen molar-refractivity contribution in [2.75, 3.05) is 0 Å². The first-order valence-corrected chi connectivity index (χ1v) is 7.73. The molecule has 1 aromatic heterocycles. The van der Waals surface area contributed by atoms with Crippen molar-refractivity contribution in [1.82, 2.24) is 10.3 Å². The molecule has 0 saturated carbocycles. The molecular formula is C16H23ClN2O4. The number of hydrogen-bond donors (Lipinski definition) is 2. The van der Waals surface area contributed by atoms with Gasteiger partial charge < -0.3 is 15.2 Å². The summed E-state index contributed by atoms with van der Waals surface area (Å²) in [4.78, 5) is 27.3. The van der Waals surface area contributed by atoms with E-state index in [9.17, 15) is 9.59 Å². The third kappa shape index (κ3) is 6.44. The van der Waals surface area contributed by atoms with E-state index in [-0.39, 0.29) is 12.3 Å². The maximum absolute atomic E-state index is 12.0. The van der Waals surface area contributed by atoms with E-state index in [0.29, 0.717) is 16.3 Å². The van der Waals surface area contributed by atoms with Crippen LogP contribution in [0.15, 0.2) is 12.3 Å². The number of carboxylic acids is 1. The number of nitrogens with one attached hydrogen (secondary N) is 1. The summed E-state index contributed by atoms with van der Waals surface area (Å²) in [5, 5.41) is 12.2. The molecule has 1 atom stereocenters. The number of aromatic nitrogens is 1. The minimum atomic E-state index is -0.991. The molecule has 0 fully saturated rings. The first-order chi connectivity index (χ1) is 10.5. The Morgan fingerprint density at radius 2 is 2.00 bits per heavy atom. The second kappa shape index (κ2) is 7.64. The number of nitrogens with zero attached hydrogens (tertiary/aromatic N) is 1. The summed E-state index contributed by atoms with van der Waals surface area (Å²) in [6.45, 7) is 9.12. The number of halogens is 1. The van der Waals surface area contributed by atoms with Crippen LogP contribution in [0, 0.1) is 5.92 Å². The fraction of sp³-hybridized carbons (Fsp3) is 0.562. The Morgan fingerprint density at radius 1 is 1.39 bits per heavy atom. The van der Waals surface area contributed by atoms with Crippen molar-refractivity contribution in [2.45, 2.75) is 52.7 Å². The highest BCUT2D eigenvalue weighted by atomic mass is 35.5. The molecule has 0 radical (unpaired) electrons. The lowest BCUT2D eigenvalue weighted by molar-refractivity contribution is -0.136. The molecule has 1 unspecified atom stereocenters. The molecule has 1 amide bonds. The predicted molar refractivity (Wildman–Crippen MR) is 87.5 cm³/mol. The molecule has 1 heterocycles. The SMILES string of the molecule is CC(C)C(NC(=O)OC(C)(C)C)c1ncc(Cl)cc1CC(=O)O. The van der Waals surface area contributed by atoms with Gasteiger partial charge in [-0.05, 0) is 38.3 Å². The number of hydrogen-bond acceptors (Lipinski definition) is 4. The molecule has 7 heteroatoms. The minimum absolute atomic E-state index is 0.0104. The standard InChI is InChI=1S/C16H23ClN2O4/c1-9(2)13(19-15(22)23-16(3,4)5)14-10(7-12(20)21)6-11(17)8-18-14/h6,8-9,13H,7H2,1-5H3,(H,19,22)(H,20,21). The largest absolute Gasteiger partial charge is 0.481 e. The second-order valence-corrected chi connectivity index (χ2v) is 7.07. The average Bonchev–Trinajstić information content (AvgIpc) is 2.33. The highest BCUT2D eigenvalue weighted by molar-refractivity contribution is 6.30.